The van der Waals surface area contributed by atoms with Gasteiger partial charge in [0.1, 0.15) is 12.1 Å². The number of nitrogens with zero attached hydrogens (tertiary/aromatic N) is 5. The van der Waals surface area contributed by atoms with Gasteiger partial charge in [0.25, 0.3) is 5.91 Å². The summed E-state index contributed by atoms with van der Waals surface area (Å²) in [4.78, 5) is 25.7. The molecule has 0 saturated heterocycles. The highest BCUT2D eigenvalue weighted by atomic mass is 32.2. The second-order valence-electron chi connectivity index (χ2n) is 7.75. The summed E-state index contributed by atoms with van der Waals surface area (Å²) < 4.78 is 1.79. The second-order valence-corrected chi connectivity index (χ2v) is 8.83. The first-order valence-corrected chi connectivity index (χ1v) is 12.0. The van der Waals surface area contributed by atoms with Crippen molar-refractivity contribution < 1.29 is 4.79 Å². The van der Waals surface area contributed by atoms with Crippen LogP contribution in [0.25, 0.3) is 22.3 Å². The van der Waals surface area contributed by atoms with Crippen LogP contribution in [0.1, 0.15) is 28.8 Å². The van der Waals surface area contributed by atoms with Crippen molar-refractivity contribution in [2.24, 2.45) is 7.05 Å². The minimum atomic E-state index is -0.108. The fourth-order valence-corrected chi connectivity index (χ4v) is 4.79. The number of para-hydroxylation sites is 1. The number of thioether (sulfide) groups is 1. The van der Waals surface area contributed by atoms with E-state index in [1.807, 2.05) is 31.3 Å². The molecular formula is C24H27N7OS. The van der Waals surface area contributed by atoms with Crippen molar-refractivity contribution in [2.75, 3.05) is 25.2 Å². The largest absolute Gasteiger partial charge is 0.369 e. The van der Waals surface area contributed by atoms with Crippen molar-refractivity contribution in [3.63, 3.8) is 0 Å². The molecule has 3 aromatic heterocycles. The molecule has 3 heterocycles. The number of carbonyl (C=O) groups excluding carboxylic acids is 1. The summed E-state index contributed by atoms with van der Waals surface area (Å²) in [6.07, 6.45) is 7.13. The summed E-state index contributed by atoms with van der Waals surface area (Å²) >= 11 is 1.79. The van der Waals surface area contributed by atoms with Gasteiger partial charge in [-0.3, -0.25) is 14.5 Å². The molecule has 2 unspecified atom stereocenters. The average molecular weight is 462 g/mol. The molecule has 0 fully saturated rings. The predicted octanol–water partition coefficient (Wildman–Crippen LogP) is 3.73. The van der Waals surface area contributed by atoms with Gasteiger partial charge in [-0.25, -0.2) is 9.97 Å². The highest BCUT2D eigenvalue weighted by Crippen LogP contribution is 2.32. The Balaban J connectivity index is 1.56. The number of carbonyl (C=O) groups is 1. The zero-order valence-electron chi connectivity index (χ0n) is 19.1. The Bertz CT molecular complexity index is 1270. The van der Waals surface area contributed by atoms with Crippen LogP contribution in [0.2, 0.25) is 0 Å². The van der Waals surface area contributed by atoms with Gasteiger partial charge in [-0.15, -0.1) is 0 Å². The van der Waals surface area contributed by atoms with E-state index in [9.17, 15) is 4.79 Å². The summed E-state index contributed by atoms with van der Waals surface area (Å²) in [6, 6.07) is 11.7. The van der Waals surface area contributed by atoms with Gasteiger partial charge < -0.3 is 10.6 Å². The van der Waals surface area contributed by atoms with Crippen LogP contribution >= 0.6 is 11.8 Å². The standard InChI is InChI=1S/C24H27N7OS/c1-15(16-6-5-7-17-18(24(32)25-2)8-10-26-23(16)17)21(33-4)13-27-22-12-19(28-14-29-22)20-9-11-30-31(20)3/h5-12,14-15,21H,13H2,1-4H3,(H,25,32)(H,27,28,29). The van der Waals surface area contributed by atoms with Crippen LogP contribution in [0.4, 0.5) is 5.82 Å². The Hall–Kier alpha value is -3.46. The zero-order chi connectivity index (χ0) is 23.4. The number of nitrogens with one attached hydrogen (secondary N) is 2. The van der Waals surface area contributed by atoms with E-state index in [2.05, 4.69) is 49.9 Å². The minimum absolute atomic E-state index is 0.108. The highest BCUT2D eigenvalue weighted by Gasteiger charge is 2.22. The monoisotopic (exact) mass is 461 g/mol. The number of benzene rings is 1. The number of aromatic nitrogens is 5. The summed E-state index contributed by atoms with van der Waals surface area (Å²) in [5.41, 5.74) is 4.38. The molecule has 2 atom stereocenters. The molecule has 8 nitrogen and oxygen atoms in total. The molecule has 1 amide bonds. The van der Waals surface area contributed by atoms with Gasteiger partial charge in [0.2, 0.25) is 0 Å². The lowest BCUT2D eigenvalue weighted by molar-refractivity contribution is 0.0964. The Morgan fingerprint density at radius 3 is 2.73 bits per heavy atom. The van der Waals surface area contributed by atoms with Crippen LogP contribution in [0.5, 0.6) is 0 Å². The van der Waals surface area contributed by atoms with Crippen molar-refractivity contribution in [2.45, 2.75) is 18.1 Å². The van der Waals surface area contributed by atoms with Crippen molar-refractivity contribution in [3.05, 3.63) is 66.2 Å². The first kappa shape index (κ1) is 22.7. The number of hydrogen-bond acceptors (Lipinski definition) is 7. The summed E-state index contributed by atoms with van der Waals surface area (Å²) in [7, 11) is 3.53. The van der Waals surface area contributed by atoms with E-state index in [1.165, 1.54) is 0 Å². The maximum Gasteiger partial charge on any atom is 0.251 e. The number of rotatable bonds is 8. The molecule has 9 heteroatoms. The molecule has 0 saturated carbocycles. The van der Waals surface area contributed by atoms with E-state index in [-0.39, 0.29) is 17.1 Å². The Kier molecular flexibility index (Phi) is 6.88. The van der Waals surface area contributed by atoms with Gasteiger partial charge >= 0.3 is 0 Å². The summed E-state index contributed by atoms with van der Waals surface area (Å²) in [5.74, 6) is 0.857. The molecule has 1 aromatic carbocycles. The molecular weight excluding hydrogens is 434 g/mol. The third-order valence-corrected chi connectivity index (χ3v) is 7.04. The van der Waals surface area contributed by atoms with Crippen LogP contribution in [0, 0.1) is 0 Å². The van der Waals surface area contributed by atoms with E-state index in [0.717, 1.165) is 40.2 Å². The Morgan fingerprint density at radius 1 is 1.15 bits per heavy atom. The normalized spacial score (nSPS) is 13.0. The number of pyridine rings is 1. The molecule has 0 bridgehead atoms. The Morgan fingerprint density at radius 2 is 2.00 bits per heavy atom. The van der Waals surface area contributed by atoms with Gasteiger partial charge in [0, 0.05) is 49.7 Å². The highest BCUT2D eigenvalue weighted by molar-refractivity contribution is 7.99. The number of fused-ring (bicyclic) bond motifs is 1. The quantitative estimate of drug-likeness (QED) is 0.413. The second kappa shape index (κ2) is 9.99. The van der Waals surface area contributed by atoms with Gasteiger partial charge in [0.15, 0.2) is 0 Å². The fraction of sp³-hybridized carbons (Fsp3) is 0.292. The van der Waals surface area contributed by atoms with Crippen molar-refractivity contribution in [1.29, 1.82) is 0 Å². The van der Waals surface area contributed by atoms with Crippen LogP contribution in [0.3, 0.4) is 0 Å². The molecule has 33 heavy (non-hydrogen) atoms. The minimum Gasteiger partial charge on any atom is -0.369 e. The molecule has 170 valence electrons. The lowest BCUT2D eigenvalue weighted by Crippen LogP contribution is -2.23. The number of amides is 1. The van der Waals surface area contributed by atoms with Crippen LogP contribution in [-0.2, 0) is 7.05 Å². The smallest absolute Gasteiger partial charge is 0.251 e. The summed E-state index contributed by atoms with van der Waals surface area (Å²) in [6.45, 7) is 2.92. The van der Waals surface area contributed by atoms with Gasteiger partial charge in [0.05, 0.1) is 22.5 Å². The maximum atomic E-state index is 12.3. The fourth-order valence-electron chi connectivity index (χ4n) is 3.99. The van der Waals surface area contributed by atoms with E-state index in [4.69, 9.17) is 0 Å². The lowest BCUT2D eigenvalue weighted by Gasteiger charge is -2.24. The average Bonchev–Trinajstić information content (AvgIpc) is 3.29. The van der Waals surface area contributed by atoms with Crippen molar-refractivity contribution >= 4 is 34.4 Å². The molecule has 4 aromatic rings. The first-order valence-electron chi connectivity index (χ1n) is 10.7. The molecule has 4 rings (SSSR count). The molecule has 0 aliphatic heterocycles. The predicted molar refractivity (Wildman–Crippen MR) is 134 cm³/mol. The molecule has 0 radical (unpaired) electrons. The van der Waals surface area contributed by atoms with Crippen LogP contribution in [-0.4, -0.2) is 55.7 Å². The maximum absolute atomic E-state index is 12.3. The van der Waals surface area contributed by atoms with E-state index in [0.29, 0.717) is 5.56 Å². The zero-order valence-corrected chi connectivity index (χ0v) is 19.9. The van der Waals surface area contributed by atoms with E-state index >= 15 is 0 Å². The van der Waals surface area contributed by atoms with Crippen LogP contribution in [0.15, 0.2) is 55.1 Å². The lowest BCUT2D eigenvalue weighted by atomic mass is 9.93. The van der Waals surface area contributed by atoms with Crippen LogP contribution < -0.4 is 10.6 Å². The van der Waals surface area contributed by atoms with Crippen molar-refractivity contribution in [3.8, 4) is 11.4 Å². The first-order chi connectivity index (χ1) is 16.0. The SMILES string of the molecule is CNC(=O)c1ccnc2c(C(C)C(CNc3cc(-c4ccnn4C)ncn3)SC)cccc12. The van der Waals surface area contributed by atoms with Gasteiger partial charge in [-0.05, 0) is 29.9 Å². The number of hydrogen-bond donors (Lipinski definition) is 2. The molecule has 0 spiro atoms. The molecule has 0 aliphatic rings. The van der Waals surface area contributed by atoms with Gasteiger partial charge in [-0.2, -0.15) is 16.9 Å². The van der Waals surface area contributed by atoms with E-state index < -0.39 is 0 Å². The number of aryl methyl sites for hydroxylation is 1. The molecule has 2 N–H and O–H groups in total. The molecule has 0 aliphatic carbocycles. The Labute approximate surface area is 197 Å². The van der Waals surface area contributed by atoms with E-state index in [1.54, 1.807) is 48.3 Å². The topological polar surface area (TPSA) is 97.6 Å². The number of anilines is 1. The van der Waals surface area contributed by atoms with Crippen molar-refractivity contribution in [1.82, 2.24) is 30.0 Å². The third kappa shape index (κ3) is 4.68. The third-order valence-electron chi connectivity index (χ3n) is 5.86. The van der Waals surface area contributed by atoms with Gasteiger partial charge in [-0.1, -0.05) is 25.1 Å². The summed E-state index contributed by atoms with van der Waals surface area (Å²) in [5, 5.41) is 11.5.